The molecule has 1 nitrogen and oxygen atoms in total. The highest BCUT2D eigenvalue weighted by molar-refractivity contribution is 4.88. The van der Waals surface area contributed by atoms with Gasteiger partial charge >= 0.3 is 0 Å². The summed E-state index contributed by atoms with van der Waals surface area (Å²) in [7, 11) is 0. The zero-order valence-corrected chi connectivity index (χ0v) is 11.5. The van der Waals surface area contributed by atoms with Gasteiger partial charge < -0.3 is 5.73 Å². The first-order valence-corrected chi connectivity index (χ1v) is 6.70. The fourth-order valence-electron chi connectivity index (χ4n) is 2.13. The molecule has 92 valence electrons. The van der Waals surface area contributed by atoms with Crippen LogP contribution in [-0.2, 0) is 0 Å². The average molecular weight is 213 g/mol. The Hall–Kier alpha value is -0.0400. The van der Waals surface area contributed by atoms with E-state index in [1.807, 2.05) is 13.8 Å². The first-order valence-electron chi connectivity index (χ1n) is 6.70. The lowest BCUT2D eigenvalue weighted by atomic mass is 9.76. The van der Waals surface area contributed by atoms with E-state index in [-0.39, 0.29) is 5.54 Å². The molecule has 1 aliphatic carbocycles. The van der Waals surface area contributed by atoms with Crippen molar-refractivity contribution in [1.82, 2.24) is 0 Å². The Balaban J connectivity index is 0.000000921. The van der Waals surface area contributed by atoms with Crippen molar-refractivity contribution in [2.45, 2.75) is 85.1 Å². The van der Waals surface area contributed by atoms with Crippen LogP contribution >= 0.6 is 0 Å². The Kier molecular flexibility index (Phi) is 6.51. The molecule has 0 radical (unpaired) electrons. The second-order valence-electron chi connectivity index (χ2n) is 5.98. The van der Waals surface area contributed by atoms with Crippen molar-refractivity contribution in [2.24, 2.45) is 11.1 Å². The minimum atomic E-state index is 0.186. The molecule has 0 saturated heterocycles. The Morgan fingerprint density at radius 1 is 1.00 bits per heavy atom. The summed E-state index contributed by atoms with van der Waals surface area (Å²) < 4.78 is 0. The lowest BCUT2D eigenvalue weighted by Gasteiger charge is -2.35. The smallest absolute Gasteiger partial charge is 0.0154 e. The van der Waals surface area contributed by atoms with Crippen LogP contribution in [0, 0.1) is 5.41 Å². The highest BCUT2D eigenvalue weighted by Gasteiger charge is 2.28. The van der Waals surface area contributed by atoms with Gasteiger partial charge in [-0.05, 0) is 31.1 Å². The van der Waals surface area contributed by atoms with E-state index in [2.05, 4.69) is 20.8 Å². The maximum absolute atomic E-state index is 6.37. The second-order valence-corrected chi connectivity index (χ2v) is 5.98. The first kappa shape index (κ1) is 15.0. The van der Waals surface area contributed by atoms with E-state index >= 15 is 0 Å². The van der Waals surface area contributed by atoms with Crippen molar-refractivity contribution in [3.05, 3.63) is 0 Å². The van der Waals surface area contributed by atoms with E-state index in [1.165, 1.54) is 44.9 Å². The summed E-state index contributed by atoms with van der Waals surface area (Å²) >= 11 is 0. The summed E-state index contributed by atoms with van der Waals surface area (Å²) in [5, 5.41) is 0. The third kappa shape index (κ3) is 6.94. The summed E-state index contributed by atoms with van der Waals surface area (Å²) in [6.07, 6.45) is 9.09. The highest BCUT2D eigenvalue weighted by Crippen LogP contribution is 2.33. The monoisotopic (exact) mass is 213 g/mol. The highest BCUT2D eigenvalue weighted by atomic mass is 14.7. The van der Waals surface area contributed by atoms with Gasteiger partial charge in [0.25, 0.3) is 0 Å². The van der Waals surface area contributed by atoms with Crippen molar-refractivity contribution in [2.75, 3.05) is 0 Å². The molecule has 0 atom stereocenters. The van der Waals surface area contributed by atoms with Gasteiger partial charge in [-0.15, -0.1) is 0 Å². The molecule has 0 aromatic heterocycles. The number of rotatable bonds is 2. The third-order valence-electron chi connectivity index (χ3n) is 3.22. The fraction of sp³-hybridized carbons (Fsp3) is 1.00. The minimum absolute atomic E-state index is 0.186. The third-order valence-corrected chi connectivity index (χ3v) is 3.22. The van der Waals surface area contributed by atoms with Crippen LogP contribution in [0.15, 0.2) is 0 Å². The molecule has 15 heavy (non-hydrogen) atoms. The lowest BCUT2D eigenvalue weighted by molar-refractivity contribution is 0.233. The molecule has 1 heteroatoms. The standard InChI is InChI=1S/C12H25N.C2H6/c1-11(2,3)9-10-12(13)7-5-4-6-8-12;1-2/h4-10,13H2,1-3H3;1-2H3. The molecule has 0 amide bonds. The van der Waals surface area contributed by atoms with E-state index in [9.17, 15) is 0 Å². The Morgan fingerprint density at radius 2 is 1.47 bits per heavy atom. The SMILES string of the molecule is CC.CC(C)(C)CCC1(N)CCCCC1. The lowest BCUT2D eigenvalue weighted by Crippen LogP contribution is -2.42. The normalized spacial score (nSPS) is 20.4. The van der Waals surface area contributed by atoms with Gasteiger partial charge in [-0.3, -0.25) is 0 Å². The molecule has 2 N–H and O–H groups in total. The van der Waals surface area contributed by atoms with Crippen LogP contribution in [0.25, 0.3) is 0 Å². The fourth-order valence-corrected chi connectivity index (χ4v) is 2.13. The number of hydrogen-bond acceptors (Lipinski definition) is 1. The van der Waals surface area contributed by atoms with E-state index < -0.39 is 0 Å². The van der Waals surface area contributed by atoms with Gasteiger partial charge in [-0.25, -0.2) is 0 Å². The Bertz CT molecular complexity index is 149. The summed E-state index contributed by atoms with van der Waals surface area (Å²) in [5.74, 6) is 0. The molecule has 0 spiro atoms. The molecule has 0 heterocycles. The number of nitrogens with two attached hydrogens (primary N) is 1. The van der Waals surface area contributed by atoms with Crippen LogP contribution in [-0.4, -0.2) is 5.54 Å². The number of hydrogen-bond donors (Lipinski definition) is 1. The van der Waals surface area contributed by atoms with E-state index in [4.69, 9.17) is 5.73 Å². The van der Waals surface area contributed by atoms with E-state index in [0.717, 1.165) is 0 Å². The molecule has 1 rings (SSSR count). The second kappa shape index (κ2) is 6.52. The predicted octanol–water partition coefficient (Wildman–Crippen LogP) is 4.50. The van der Waals surface area contributed by atoms with Gasteiger partial charge in [0.05, 0.1) is 0 Å². The topological polar surface area (TPSA) is 26.0 Å². The van der Waals surface area contributed by atoms with Gasteiger partial charge in [-0.2, -0.15) is 0 Å². The maximum atomic E-state index is 6.37. The molecule has 1 aliphatic rings. The van der Waals surface area contributed by atoms with Crippen molar-refractivity contribution < 1.29 is 0 Å². The van der Waals surface area contributed by atoms with Crippen LogP contribution in [0.3, 0.4) is 0 Å². The van der Waals surface area contributed by atoms with Crippen molar-refractivity contribution in [1.29, 1.82) is 0 Å². The maximum Gasteiger partial charge on any atom is 0.0154 e. The van der Waals surface area contributed by atoms with Crippen LogP contribution in [0.4, 0.5) is 0 Å². The van der Waals surface area contributed by atoms with E-state index in [1.54, 1.807) is 0 Å². The Morgan fingerprint density at radius 3 is 1.87 bits per heavy atom. The molecular weight excluding hydrogens is 182 g/mol. The van der Waals surface area contributed by atoms with Crippen LogP contribution in [0.5, 0.6) is 0 Å². The Labute approximate surface area is 96.8 Å². The molecule has 0 aromatic carbocycles. The van der Waals surface area contributed by atoms with Crippen LogP contribution in [0.1, 0.15) is 79.6 Å². The van der Waals surface area contributed by atoms with Gasteiger partial charge in [0.2, 0.25) is 0 Å². The van der Waals surface area contributed by atoms with Crippen molar-refractivity contribution in [3.63, 3.8) is 0 Å². The zero-order chi connectivity index (χ0) is 11.9. The zero-order valence-electron chi connectivity index (χ0n) is 11.5. The van der Waals surface area contributed by atoms with Gasteiger partial charge in [-0.1, -0.05) is 53.9 Å². The molecule has 1 saturated carbocycles. The molecule has 1 fully saturated rings. The summed E-state index contributed by atoms with van der Waals surface area (Å²) in [6.45, 7) is 10.9. The average Bonchev–Trinajstić information content (AvgIpc) is 2.19. The minimum Gasteiger partial charge on any atom is -0.325 e. The largest absolute Gasteiger partial charge is 0.325 e. The molecule has 0 bridgehead atoms. The van der Waals surface area contributed by atoms with Crippen LogP contribution < -0.4 is 5.73 Å². The molecule has 0 aromatic rings. The molecule has 0 aliphatic heterocycles. The van der Waals surface area contributed by atoms with Gasteiger partial charge in [0.15, 0.2) is 0 Å². The predicted molar refractivity (Wildman–Crippen MR) is 70.0 cm³/mol. The van der Waals surface area contributed by atoms with Crippen LogP contribution in [0.2, 0.25) is 0 Å². The molecule has 0 unspecified atom stereocenters. The van der Waals surface area contributed by atoms with Gasteiger partial charge in [0, 0.05) is 5.54 Å². The van der Waals surface area contributed by atoms with Gasteiger partial charge in [0.1, 0.15) is 0 Å². The van der Waals surface area contributed by atoms with E-state index in [0.29, 0.717) is 5.41 Å². The van der Waals surface area contributed by atoms with Crippen molar-refractivity contribution in [3.8, 4) is 0 Å². The quantitative estimate of drug-likeness (QED) is 0.718. The summed E-state index contributed by atoms with van der Waals surface area (Å²) in [5.41, 5.74) is 7.00. The summed E-state index contributed by atoms with van der Waals surface area (Å²) in [4.78, 5) is 0. The van der Waals surface area contributed by atoms with Crippen molar-refractivity contribution >= 4 is 0 Å². The summed E-state index contributed by atoms with van der Waals surface area (Å²) in [6, 6.07) is 0. The molecular formula is C14H31N. The first-order chi connectivity index (χ1) is 6.91.